The van der Waals surface area contributed by atoms with E-state index in [9.17, 15) is 9.18 Å². The van der Waals surface area contributed by atoms with E-state index in [4.69, 9.17) is 4.74 Å². The quantitative estimate of drug-likeness (QED) is 0.728. The molecule has 0 fully saturated rings. The van der Waals surface area contributed by atoms with E-state index < -0.39 is 5.97 Å². The molecule has 0 amide bonds. The van der Waals surface area contributed by atoms with Crippen molar-refractivity contribution in [1.82, 2.24) is 10.2 Å². The fourth-order valence-electron chi connectivity index (χ4n) is 2.14. The highest BCUT2D eigenvalue weighted by Gasteiger charge is 2.14. The van der Waals surface area contributed by atoms with Crippen molar-refractivity contribution < 1.29 is 13.9 Å². The number of esters is 1. The lowest BCUT2D eigenvalue weighted by atomic mass is 10.0. The highest BCUT2D eigenvalue weighted by molar-refractivity contribution is 6.04. The van der Waals surface area contributed by atoms with Crippen LogP contribution in [-0.4, -0.2) is 23.3 Å². The summed E-state index contributed by atoms with van der Waals surface area (Å²) in [6.07, 6.45) is 1.63. The molecule has 1 heterocycles. The normalized spacial score (nSPS) is 10.7. The standard InChI is InChI=1S/C15H11FN2O2/c1-20-15(19)13-7-10(6-11-8-17-18-14(11)13)9-2-4-12(16)5-3-9/h2-8H,1H3,(H,17,18). The molecule has 0 bridgehead atoms. The smallest absolute Gasteiger partial charge is 0.340 e. The maximum atomic E-state index is 13.0. The topological polar surface area (TPSA) is 55.0 Å². The number of benzene rings is 2. The SMILES string of the molecule is COC(=O)c1cc(-c2ccc(F)cc2)cc2cn[nH]c12. The van der Waals surface area contributed by atoms with Gasteiger partial charge in [-0.25, -0.2) is 9.18 Å². The number of aromatic amines is 1. The summed E-state index contributed by atoms with van der Waals surface area (Å²) in [6, 6.07) is 9.69. The van der Waals surface area contributed by atoms with Crippen LogP contribution >= 0.6 is 0 Å². The second-order valence-corrected chi connectivity index (χ2v) is 4.36. The highest BCUT2D eigenvalue weighted by Crippen LogP contribution is 2.27. The average molecular weight is 270 g/mol. The van der Waals surface area contributed by atoms with Gasteiger partial charge in [-0.2, -0.15) is 5.10 Å². The number of methoxy groups -OCH3 is 1. The van der Waals surface area contributed by atoms with Crippen LogP contribution in [0.4, 0.5) is 4.39 Å². The molecule has 3 aromatic rings. The van der Waals surface area contributed by atoms with Crippen molar-refractivity contribution in [1.29, 1.82) is 0 Å². The lowest BCUT2D eigenvalue weighted by Gasteiger charge is -2.06. The summed E-state index contributed by atoms with van der Waals surface area (Å²) in [5.41, 5.74) is 2.66. The molecule has 5 heteroatoms. The first-order chi connectivity index (χ1) is 9.69. The summed E-state index contributed by atoms with van der Waals surface area (Å²) in [6.45, 7) is 0. The van der Waals surface area contributed by atoms with Crippen LogP contribution in [0.3, 0.4) is 0 Å². The minimum Gasteiger partial charge on any atom is -0.465 e. The number of H-pyrrole nitrogens is 1. The largest absolute Gasteiger partial charge is 0.465 e. The number of carbonyl (C=O) groups is 1. The third kappa shape index (κ3) is 2.03. The third-order valence-corrected chi connectivity index (χ3v) is 3.13. The van der Waals surface area contributed by atoms with Crippen molar-refractivity contribution in [3.8, 4) is 11.1 Å². The molecule has 1 N–H and O–H groups in total. The number of ether oxygens (including phenoxy) is 1. The Labute approximate surface area is 114 Å². The van der Waals surface area contributed by atoms with Crippen LogP contribution in [0.25, 0.3) is 22.0 Å². The van der Waals surface area contributed by atoms with E-state index in [2.05, 4.69) is 10.2 Å². The van der Waals surface area contributed by atoms with E-state index >= 15 is 0 Å². The molecule has 100 valence electrons. The van der Waals surface area contributed by atoms with Crippen molar-refractivity contribution in [3.05, 3.63) is 54.0 Å². The molecule has 0 saturated carbocycles. The van der Waals surface area contributed by atoms with Gasteiger partial charge in [0.1, 0.15) is 5.82 Å². The van der Waals surface area contributed by atoms with Gasteiger partial charge in [0.15, 0.2) is 0 Å². The Morgan fingerprint density at radius 3 is 2.65 bits per heavy atom. The first kappa shape index (κ1) is 12.3. The average Bonchev–Trinajstić information content (AvgIpc) is 2.94. The summed E-state index contributed by atoms with van der Waals surface area (Å²) in [5.74, 6) is -0.741. The molecule has 0 atom stereocenters. The minimum absolute atomic E-state index is 0.300. The number of nitrogens with one attached hydrogen (secondary N) is 1. The molecule has 1 aromatic heterocycles. The van der Waals surface area contributed by atoms with Crippen LogP contribution in [0.15, 0.2) is 42.6 Å². The zero-order valence-electron chi connectivity index (χ0n) is 10.7. The summed E-state index contributed by atoms with van der Waals surface area (Å²) in [5, 5.41) is 7.51. The first-order valence-corrected chi connectivity index (χ1v) is 6.00. The molecule has 3 rings (SSSR count). The monoisotopic (exact) mass is 270 g/mol. The van der Waals surface area contributed by atoms with Gasteiger partial charge in [-0.1, -0.05) is 12.1 Å². The number of hydrogen-bond acceptors (Lipinski definition) is 3. The van der Waals surface area contributed by atoms with Gasteiger partial charge >= 0.3 is 5.97 Å². The second-order valence-electron chi connectivity index (χ2n) is 4.36. The molecule has 20 heavy (non-hydrogen) atoms. The Morgan fingerprint density at radius 2 is 1.95 bits per heavy atom. The van der Waals surface area contributed by atoms with E-state index in [1.807, 2.05) is 6.07 Å². The van der Waals surface area contributed by atoms with Gasteiger partial charge in [-0.05, 0) is 35.4 Å². The van der Waals surface area contributed by atoms with E-state index in [1.165, 1.54) is 19.2 Å². The molecule has 4 nitrogen and oxygen atoms in total. The number of hydrogen-bond donors (Lipinski definition) is 1. The number of rotatable bonds is 2. The molecule has 0 unspecified atom stereocenters. The number of fused-ring (bicyclic) bond motifs is 1. The van der Waals surface area contributed by atoms with Crippen molar-refractivity contribution in [2.45, 2.75) is 0 Å². The van der Waals surface area contributed by atoms with Crippen molar-refractivity contribution in [2.24, 2.45) is 0 Å². The van der Waals surface area contributed by atoms with Gasteiger partial charge in [0.2, 0.25) is 0 Å². The molecule has 0 aliphatic rings. The van der Waals surface area contributed by atoms with Crippen LogP contribution < -0.4 is 0 Å². The Kier molecular flexibility index (Phi) is 2.95. The van der Waals surface area contributed by atoms with Crippen LogP contribution in [0.5, 0.6) is 0 Å². The third-order valence-electron chi connectivity index (χ3n) is 3.13. The summed E-state index contributed by atoms with van der Waals surface area (Å²) >= 11 is 0. The predicted octanol–water partition coefficient (Wildman–Crippen LogP) is 3.16. The number of carbonyl (C=O) groups excluding carboxylic acids is 1. The van der Waals surface area contributed by atoms with E-state index in [0.29, 0.717) is 11.1 Å². The van der Waals surface area contributed by atoms with Crippen LogP contribution in [-0.2, 0) is 4.74 Å². The zero-order chi connectivity index (χ0) is 14.1. The second kappa shape index (κ2) is 4.77. The Hall–Kier alpha value is -2.69. The molecule has 0 spiro atoms. The van der Waals surface area contributed by atoms with Gasteiger partial charge in [0, 0.05) is 5.39 Å². The lowest BCUT2D eigenvalue weighted by Crippen LogP contribution is -2.02. The highest BCUT2D eigenvalue weighted by atomic mass is 19.1. The molecular formula is C15H11FN2O2. The van der Waals surface area contributed by atoms with Gasteiger partial charge in [0.05, 0.1) is 24.4 Å². The minimum atomic E-state index is -0.441. The van der Waals surface area contributed by atoms with Crippen molar-refractivity contribution in [3.63, 3.8) is 0 Å². The van der Waals surface area contributed by atoms with Gasteiger partial charge < -0.3 is 4.74 Å². The van der Waals surface area contributed by atoms with E-state index in [1.54, 1.807) is 24.4 Å². The molecule has 0 radical (unpaired) electrons. The van der Waals surface area contributed by atoms with Crippen LogP contribution in [0.1, 0.15) is 10.4 Å². The number of aromatic nitrogens is 2. The number of nitrogens with zero attached hydrogens (tertiary/aromatic N) is 1. The van der Waals surface area contributed by atoms with Gasteiger partial charge in [-0.3, -0.25) is 5.10 Å². The van der Waals surface area contributed by atoms with Gasteiger partial charge in [-0.15, -0.1) is 0 Å². The van der Waals surface area contributed by atoms with E-state index in [-0.39, 0.29) is 5.82 Å². The van der Waals surface area contributed by atoms with Crippen LogP contribution in [0, 0.1) is 5.82 Å². The Bertz CT molecular complexity index is 778. The lowest BCUT2D eigenvalue weighted by molar-refractivity contribution is 0.0603. The Balaban J connectivity index is 2.21. The molecule has 0 saturated heterocycles. The zero-order valence-corrected chi connectivity index (χ0v) is 10.7. The fraction of sp³-hybridized carbons (Fsp3) is 0.0667. The van der Waals surface area contributed by atoms with Crippen LogP contribution in [0.2, 0.25) is 0 Å². The maximum absolute atomic E-state index is 13.0. The molecule has 0 aliphatic heterocycles. The molecule has 0 aliphatic carbocycles. The maximum Gasteiger partial charge on any atom is 0.340 e. The first-order valence-electron chi connectivity index (χ1n) is 6.00. The molecular weight excluding hydrogens is 259 g/mol. The van der Waals surface area contributed by atoms with Gasteiger partial charge in [0.25, 0.3) is 0 Å². The number of halogens is 1. The van der Waals surface area contributed by atoms with Crippen molar-refractivity contribution in [2.75, 3.05) is 7.11 Å². The fourth-order valence-corrected chi connectivity index (χ4v) is 2.14. The summed E-state index contributed by atoms with van der Waals surface area (Å²) in [4.78, 5) is 11.8. The molecule has 2 aromatic carbocycles. The van der Waals surface area contributed by atoms with E-state index in [0.717, 1.165) is 16.5 Å². The van der Waals surface area contributed by atoms with Crippen molar-refractivity contribution >= 4 is 16.9 Å². The summed E-state index contributed by atoms with van der Waals surface area (Å²) < 4.78 is 17.8. The predicted molar refractivity (Wildman–Crippen MR) is 72.8 cm³/mol. The summed E-state index contributed by atoms with van der Waals surface area (Å²) in [7, 11) is 1.33. The Morgan fingerprint density at radius 1 is 1.20 bits per heavy atom.